The van der Waals surface area contributed by atoms with Gasteiger partial charge >= 0.3 is 0 Å². The van der Waals surface area contributed by atoms with Gasteiger partial charge in [-0.05, 0) is 56.2 Å². The summed E-state index contributed by atoms with van der Waals surface area (Å²) in [7, 11) is 0. The molecule has 5 rings (SSSR count). The number of hydrogen-bond acceptors (Lipinski definition) is 5. The number of halogens is 1. The molecule has 0 radical (unpaired) electrons. The smallest absolute Gasteiger partial charge is 0.225 e. The van der Waals surface area contributed by atoms with Crippen molar-refractivity contribution < 1.29 is 9.21 Å². The van der Waals surface area contributed by atoms with Crippen molar-refractivity contribution in [3.05, 3.63) is 77.0 Å². The van der Waals surface area contributed by atoms with Gasteiger partial charge in [0, 0.05) is 54.8 Å². The monoisotopic (exact) mass is 477 g/mol. The molecule has 4 aromatic rings. The summed E-state index contributed by atoms with van der Waals surface area (Å²) in [6, 6.07) is 13.6. The Bertz CT molecular complexity index is 1280. The number of aryl methyl sites for hydroxylation is 2. The van der Waals surface area contributed by atoms with E-state index >= 15 is 0 Å². The lowest BCUT2D eigenvalue weighted by Crippen LogP contribution is -2.32. The molecule has 1 amide bonds. The Morgan fingerprint density at radius 2 is 2.00 bits per heavy atom. The highest BCUT2D eigenvalue weighted by atomic mass is 35.5. The number of rotatable bonds is 8. The fourth-order valence-corrected chi connectivity index (χ4v) is 4.64. The van der Waals surface area contributed by atoms with E-state index in [2.05, 4.69) is 16.1 Å². The second-order valence-electron chi connectivity index (χ2n) is 8.80. The number of hydrogen-bond donors (Lipinski definition) is 0. The van der Waals surface area contributed by atoms with Crippen LogP contribution < -0.4 is 4.90 Å². The van der Waals surface area contributed by atoms with E-state index in [0.717, 1.165) is 59.7 Å². The number of amides is 1. The third kappa shape index (κ3) is 5.09. The largest absolute Gasteiger partial charge is 0.467 e. The van der Waals surface area contributed by atoms with Crippen molar-refractivity contribution in [2.24, 2.45) is 0 Å². The van der Waals surface area contributed by atoms with E-state index in [1.165, 1.54) is 0 Å². The van der Waals surface area contributed by atoms with Crippen LogP contribution in [-0.2, 0) is 24.4 Å². The molecule has 3 aromatic heterocycles. The predicted octanol–water partition coefficient (Wildman–Crippen LogP) is 5.21. The predicted molar refractivity (Wildman–Crippen MR) is 133 cm³/mol. The third-order valence-electron chi connectivity index (χ3n) is 6.21. The number of pyridine rings is 1. The van der Waals surface area contributed by atoms with Crippen LogP contribution in [0.1, 0.15) is 36.3 Å². The number of benzene rings is 1. The number of carbonyl (C=O) groups is 1. The quantitative estimate of drug-likeness (QED) is 0.348. The summed E-state index contributed by atoms with van der Waals surface area (Å²) in [5, 5.41) is 6.09. The second kappa shape index (κ2) is 9.89. The zero-order valence-corrected chi connectivity index (χ0v) is 20.0. The van der Waals surface area contributed by atoms with Crippen LogP contribution in [-0.4, -0.2) is 38.7 Å². The first kappa shape index (κ1) is 22.5. The summed E-state index contributed by atoms with van der Waals surface area (Å²) in [4.78, 5) is 22.5. The molecule has 0 bridgehead atoms. The van der Waals surface area contributed by atoms with Gasteiger partial charge in [0.2, 0.25) is 5.91 Å². The second-order valence-corrected chi connectivity index (χ2v) is 9.24. The number of fused-ring (bicyclic) bond motifs is 1. The standard InChI is InChI=1S/C26H28ClN5O2/c1-19-8-12-32(29-19)13-9-25(33)31(18-23-5-4-14-34-23)17-21-15-20-6-7-22(27)16-24(20)28-26(21)30-10-2-3-11-30/h4-8,12,14-16H,2-3,9-11,13,17-18H2,1H3. The van der Waals surface area contributed by atoms with E-state index in [-0.39, 0.29) is 5.91 Å². The molecular weight excluding hydrogens is 450 g/mol. The molecule has 7 nitrogen and oxygen atoms in total. The highest BCUT2D eigenvalue weighted by molar-refractivity contribution is 6.31. The molecule has 8 heteroatoms. The van der Waals surface area contributed by atoms with Gasteiger partial charge in [-0.3, -0.25) is 9.48 Å². The van der Waals surface area contributed by atoms with Crippen molar-refractivity contribution in [1.82, 2.24) is 19.7 Å². The molecule has 1 fully saturated rings. The first-order valence-electron chi connectivity index (χ1n) is 11.7. The Hall–Kier alpha value is -3.32. The zero-order chi connectivity index (χ0) is 23.5. The molecule has 1 aliphatic heterocycles. The van der Waals surface area contributed by atoms with Crippen LogP contribution in [0, 0.1) is 6.92 Å². The Labute approximate surface area is 203 Å². The topological polar surface area (TPSA) is 67.4 Å². The van der Waals surface area contributed by atoms with Crippen molar-refractivity contribution in [2.75, 3.05) is 18.0 Å². The van der Waals surface area contributed by atoms with Gasteiger partial charge in [0.15, 0.2) is 0 Å². The van der Waals surface area contributed by atoms with Crippen molar-refractivity contribution >= 4 is 34.2 Å². The van der Waals surface area contributed by atoms with Crippen LogP contribution >= 0.6 is 11.6 Å². The van der Waals surface area contributed by atoms with Crippen LogP contribution in [0.15, 0.2) is 59.3 Å². The van der Waals surface area contributed by atoms with Crippen LogP contribution in [0.3, 0.4) is 0 Å². The van der Waals surface area contributed by atoms with Gasteiger partial charge in [-0.15, -0.1) is 0 Å². The summed E-state index contributed by atoms with van der Waals surface area (Å²) < 4.78 is 7.39. The lowest BCUT2D eigenvalue weighted by molar-refractivity contribution is -0.133. The highest BCUT2D eigenvalue weighted by Crippen LogP contribution is 2.29. The molecule has 0 atom stereocenters. The third-order valence-corrected chi connectivity index (χ3v) is 6.45. The fraction of sp³-hybridized carbons (Fsp3) is 0.346. The lowest BCUT2D eigenvalue weighted by atomic mass is 10.1. The van der Waals surface area contributed by atoms with Gasteiger partial charge in [0.05, 0.1) is 24.0 Å². The van der Waals surface area contributed by atoms with Crippen molar-refractivity contribution in [1.29, 1.82) is 0 Å². The number of furan rings is 1. The van der Waals surface area contributed by atoms with Gasteiger partial charge < -0.3 is 14.2 Å². The maximum atomic E-state index is 13.4. The summed E-state index contributed by atoms with van der Waals surface area (Å²) in [6.45, 7) is 5.28. The molecule has 0 unspecified atom stereocenters. The molecule has 34 heavy (non-hydrogen) atoms. The van der Waals surface area contributed by atoms with Crippen molar-refractivity contribution in [2.45, 2.75) is 45.8 Å². The van der Waals surface area contributed by atoms with Crippen LogP contribution in [0.4, 0.5) is 5.82 Å². The van der Waals surface area contributed by atoms with Gasteiger partial charge in [-0.2, -0.15) is 5.10 Å². The molecule has 0 saturated carbocycles. The fourth-order valence-electron chi connectivity index (χ4n) is 4.48. The summed E-state index contributed by atoms with van der Waals surface area (Å²) in [5.74, 6) is 1.74. The summed E-state index contributed by atoms with van der Waals surface area (Å²) >= 11 is 6.24. The number of anilines is 1. The Balaban J connectivity index is 1.45. The average Bonchev–Trinajstić information content (AvgIpc) is 3.60. The van der Waals surface area contributed by atoms with E-state index in [9.17, 15) is 4.79 Å². The van der Waals surface area contributed by atoms with E-state index in [4.69, 9.17) is 21.0 Å². The minimum Gasteiger partial charge on any atom is -0.467 e. The highest BCUT2D eigenvalue weighted by Gasteiger charge is 2.23. The molecule has 4 heterocycles. The SMILES string of the molecule is Cc1ccn(CCC(=O)N(Cc2ccco2)Cc2cc3ccc(Cl)cc3nc2N2CCCC2)n1. The molecule has 176 valence electrons. The van der Waals surface area contributed by atoms with Crippen LogP contribution in [0.25, 0.3) is 10.9 Å². The van der Waals surface area contributed by atoms with Gasteiger partial charge in [-0.1, -0.05) is 17.7 Å². The molecule has 1 aromatic carbocycles. The summed E-state index contributed by atoms with van der Waals surface area (Å²) in [5.41, 5.74) is 2.85. The Kier molecular flexibility index (Phi) is 6.54. The number of nitrogens with zero attached hydrogens (tertiary/aromatic N) is 5. The Morgan fingerprint density at radius 3 is 2.74 bits per heavy atom. The van der Waals surface area contributed by atoms with Crippen LogP contribution in [0.5, 0.6) is 0 Å². The molecular formula is C26H28ClN5O2. The van der Waals surface area contributed by atoms with E-state index < -0.39 is 0 Å². The zero-order valence-electron chi connectivity index (χ0n) is 19.3. The summed E-state index contributed by atoms with van der Waals surface area (Å²) in [6.07, 6.45) is 6.20. The molecule has 0 N–H and O–H groups in total. The molecule has 1 aliphatic rings. The first-order valence-corrected chi connectivity index (χ1v) is 12.1. The van der Waals surface area contributed by atoms with E-state index in [1.807, 2.05) is 59.1 Å². The van der Waals surface area contributed by atoms with Gasteiger partial charge in [0.25, 0.3) is 0 Å². The number of aromatic nitrogens is 3. The molecule has 0 aliphatic carbocycles. The maximum absolute atomic E-state index is 13.4. The maximum Gasteiger partial charge on any atom is 0.225 e. The van der Waals surface area contributed by atoms with Crippen molar-refractivity contribution in [3.8, 4) is 0 Å². The normalized spacial score (nSPS) is 13.6. The molecule has 1 saturated heterocycles. The van der Waals surface area contributed by atoms with E-state index in [0.29, 0.717) is 31.1 Å². The number of carbonyl (C=O) groups excluding carboxylic acids is 1. The van der Waals surface area contributed by atoms with Crippen molar-refractivity contribution in [3.63, 3.8) is 0 Å². The first-order chi connectivity index (χ1) is 16.5. The molecule has 0 spiro atoms. The average molecular weight is 478 g/mol. The van der Waals surface area contributed by atoms with Gasteiger partial charge in [-0.25, -0.2) is 4.98 Å². The minimum absolute atomic E-state index is 0.0492. The van der Waals surface area contributed by atoms with E-state index in [1.54, 1.807) is 6.26 Å². The Morgan fingerprint density at radius 1 is 1.15 bits per heavy atom. The lowest BCUT2D eigenvalue weighted by Gasteiger charge is -2.26. The minimum atomic E-state index is 0.0492. The van der Waals surface area contributed by atoms with Crippen LogP contribution in [0.2, 0.25) is 5.02 Å². The van der Waals surface area contributed by atoms with Gasteiger partial charge in [0.1, 0.15) is 11.6 Å².